The molecule has 37 heavy (non-hydrogen) atoms. The van der Waals surface area contributed by atoms with Crippen LogP contribution < -0.4 is 9.47 Å². The zero-order chi connectivity index (χ0) is 25.0. The Hall–Kier alpha value is -4.17. The molecule has 188 valence electrons. The molecular formula is C29H28N4O4. The van der Waals surface area contributed by atoms with E-state index in [-0.39, 0.29) is 12.7 Å². The lowest BCUT2D eigenvalue weighted by atomic mass is 10.0. The maximum Gasteiger partial charge on any atom is 0.231 e. The van der Waals surface area contributed by atoms with Crippen LogP contribution in [0.4, 0.5) is 0 Å². The van der Waals surface area contributed by atoms with Crippen LogP contribution >= 0.6 is 0 Å². The molecular weight excluding hydrogens is 468 g/mol. The molecule has 2 aliphatic rings. The quantitative estimate of drug-likeness (QED) is 0.375. The van der Waals surface area contributed by atoms with Gasteiger partial charge in [-0.1, -0.05) is 65.8 Å². The van der Waals surface area contributed by atoms with Crippen molar-refractivity contribution in [2.24, 2.45) is 0 Å². The van der Waals surface area contributed by atoms with Gasteiger partial charge < -0.3 is 18.9 Å². The number of carbonyl (C=O) groups excluding carboxylic acids is 1. The average Bonchev–Trinajstić information content (AvgIpc) is 3.62. The van der Waals surface area contributed by atoms with Gasteiger partial charge in [-0.05, 0) is 28.8 Å². The highest BCUT2D eigenvalue weighted by Crippen LogP contribution is 2.33. The normalized spacial score (nSPS) is 15.2. The molecule has 0 spiro atoms. The summed E-state index contributed by atoms with van der Waals surface area (Å²) in [6.45, 7) is 4.22. The van der Waals surface area contributed by atoms with E-state index in [2.05, 4.69) is 45.4 Å². The molecule has 4 aromatic rings. The Morgan fingerprint density at radius 2 is 1.54 bits per heavy atom. The number of amides is 1. The van der Waals surface area contributed by atoms with Crippen molar-refractivity contribution in [3.05, 3.63) is 84.3 Å². The summed E-state index contributed by atoms with van der Waals surface area (Å²) in [7, 11) is 0. The fraction of sp³-hybridized carbons (Fsp3) is 0.276. The van der Waals surface area contributed by atoms with Crippen LogP contribution in [0.1, 0.15) is 17.9 Å². The van der Waals surface area contributed by atoms with Crippen molar-refractivity contribution >= 4 is 5.91 Å². The Morgan fingerprint density at radius 3 is 2.35 bits per heavy atom. The topological polar surface area (TPSA) is 80.9 Å². The molecule has 1 amide bonds. The maximum atomic E-state index is 12.8. The van der Waals surface area contributed by atoms with Crippen molar-refractivity contribution in [2.45, 2.75) is 19.4 Å². The summed E-state index contributed by atoms with van der Waals surface area (Å²) in [5.41, 5.74) is 4.37. The standard InChI is InChI=1S/C29H28N4O4/c34-28(33-16-14-32(15-17-33)19-21-6-11-25-26(18-21)36-20-35-25)13-12-27-30-29(31-37-27)24-9-7-23(8-10-24)22-4-2-1-3-5-22/h1-11,18H,12-17,19-20H2. The van der Waals surface area contributed by atoms with Crippen molar-refractivity contribution in [2.75, 3.05) is 33.0 Å². The van der Waals surface area contributed by atoms with E-state index < -0.39 is 0 Å². The van der Waals surface area contributed by atoms with Crippen LogP contribution in [0.3, 0.4) is 0 Å². The van der Waals surface area contributed by atoms with Gasteiger partial charge in [0, 0.05) is 51.1 Å². The molecule has 1 fully saturated rings. The van der Waals surface area contributed by atoms with Crippen LogP contribution in [0, 0.1) is 0 Å². The first-order chi connectivity index (χ1) is 18.2. The minimum Gasteiger partial charge on any atom is -0.454 e. The third kappa shape index (κ3) is 5.34. The van der Waals surface area contributed by atoms with Crippen LogP contribution in [-0.4, -0.2) is 58.8 Å². The first-order valence-electron chi connectivity index (χ1n) is 12.6. The third-order valence-electron chi connectivity index (χ3n) is 6.84. The summed E-state index contributed by atoms with van der Waals surface area (Å²) in [6.07, 6.45) is 0.794. The number of aromatic nitrogens is 2. The van der Waals surface area contributed by atoms with Gasteiger partial charge in [0.25, 0.3) is 0 Å². The van der Waals surface area contributed by atoms with Crippen molar-refractivity contribution in [1.82, 2.24) is 19.9 Å². The van der Waals surface area contributed by atoms with Gasteiger partial charge in [0.05, 0.1) is 0 Å². The number of fused-ring (bicyclic) bond motifs is 1. The van der Waals surface area contributed by atoms with Gasteiger partial charge in [-0.15, -0.1) is 0 Å². The third-order valence-corrected chi connectivity index (χ3v) is 6.84. The summed E-state index contributed by atoms with van der Waals surface area (Å²) >= 11 is 0. The molecule has 3 aromatic carbocycles. The molecule has 2 aliphatic heterocycles. The largest absolute Gasteiger partial charge is 0.454 e. The van der Waals surface area contributed by atoms with E-state index in [1.165, 1.54) is 5.56 Å². The van der Waals surface area contributed by atoms with Gasteiger partial charge in [-0.2, -0.15) is 4.98 Å². The van der Waals surface area contributed by atoms with E-state index in [1.54, 1.807) is 0 Å². The lowest BCUT2D eigenvalue weighted by Gasteiger charge is -2.34. The predicted octanol–water partition coefficient (Wildman–Crippen LogP) is 4.41. The summed E-state index contributed by atoms with van der Waals surface area (Å²) < 4.78 is 16.3. The number of piperazine rings is 1. The van der Waals surface area contributed by atoms with Gasteiger partial charge in [-0.25, -0.2) is 0 Å². The Labute approximate surface area is 215 Å². The van der Waals surface area contributed by atoms with Crippen LogP contribution in [-0.2, 0) is 17.8 Å². The van der Waals surface area contributed by atoms with Crippen LogP contribution in [0.25, 0.3) is 22.5 Å². The van der Waals surface area contributed by atoms with Crippen molar-refractivity contribution in [1.29, 1.82) is 0 Å². The highest BCUT2D eigenvalue weighted by molar-refractivity contribution is 5.76. The number of nitrogens with zero attached hydrogens (tertiary/aromatic N) is 4. The van der Waals surface area contributed by atoms with Crippen molar-refractivity contribution < 1.29 is 18.8 Å². The fourth-order valence-corrected chi connectivity index (χ4v) is 4.74. The first kappa shape index (κ1) is 23.2. The number of ether oxygens (including phenoxy) is 2. The Balaban J connectivity index is 0.977. The zero-order valence-electron chi connectivity index (χ0n) is 20.5. The second-order valence-corrected chi connectivity index (χ2v) is 9.30. The molecule has 0 bridgehead atoms. The monoisotopic (exact) mass is 496 g/mol. The van der Waals surface area contributed by atoms with Gasteiger partial charge in [0.2, 0.25) is 24.4 Å². The number of hydrogen-bond donors (Lipinski definition) is 0. The van der Waals surface area contributed by atoms with Gasteiger partial charge >= 0.3 is 0 Å². The Bertz CT molecular complexity index is 1360. The van der Waals surface area contributed by atoms with Crippen LogP contribution in [0.2, 0.25) is 0 Å². The van der Waals surface area contributed by atoms with Crippen molar-refractivity contribution in [3.63, 3.8) is 0 Å². The smallest absolute Gasteiger partial charge is 0.231 e. The number of rotatable bonds is 7. The highest BCUT2D eigenvalue weighted by Gasteiger charge is 2.22. The van der Waals surface area contributed by atoms with E-state index in [4.69, 9.17) is 14.0 Å². The molecule has 0 aliphatic carbocycles. The highest BCUT2D eigenvalue weighted by atomic mass is 16.7. The maximum absolute atomic E-state index is 12.8. The van der Waals surface area contributed by atoms with Gasteiger partial charge in [0.1, 0.15) is 0 Å². The van der Waals surface area contributed by atoms with Gasteiger partial charge in [-0.3, -0.25) is 9.69 Å². The summed E-state index contributed by atoms with van der Waals surface area (Å²) in [5, 5.41) is 4.12. The SMILES string of the molecule is O=C(CCc1nc(-c2ccc(-c3ccccc3)cc2)no1)N1CCN(Cc2ccc3c(c2)OCO3)CC1. The molecule has 1 aromatic heterocycles. The minimum absolute atomic E-state index is 0.120. The molecule has 0 saturated carbocycles. The predicted molar refractivity (Wildman–Crippen MR) is 138 cm³/mol. The second-order valence-electron chi connectivity index (χ2n) is 9.30. The number of aryl methyl sites for hydroxylation is 1. The molecule has 0 atom stereocenters. The summed E-state index contributed by atoms with van der Waals surface area (Å²) in [4.78, 5) is 21.6. The molecule has 8 nitrogen and oxygen atoms in total. The summed E-state index contributed by atoms with van der Waals surface area (Å²) in [5.74, 6) is 2.75. The lowest BCUT2D eigenvalue weighted by molar-refractivity contribution is -0.133. The first-order valence-corrected chi connectivity index (χ1v) is 12.6. The summed E-state index contributed by atoms with van der Waals surface area (Å²) in [6, 6.07) is 24.4. The Kier molecular flexibility index (Phi) is 6.56. The van der Waals surface area contributed by atoms with Crippen molar-refractivity contribution in [3.8, 4) is 34.0 Å². The van der Waals surface area contributed by atoms with Crippen LogP contribution in [0.15, 0.2) is 77.3 Å². The number of benzene rings is 3. The minimum atomic E-state index is 0.120. The zero-order valence-corrected chi connectivity index (χ0v) is 20.5. The van der Waals surface area contributed by atoms with Gasteiger partial charge in [0.15, 0.2) is 11.5 Å². The van der Waals surface area contributed by atoms with E-state index in [1.807, 2.05) is 47.4 Å². The molecule has 1 saturated heterocycles. The molecule has 8 heteroatoms. The molecule has 0 radical (unpaired) electrons. The second kappa shape index (κ2) is 10.4. The molecule has 3 heterocycles. The van der Waals surface area contributed by atoms with Crippen LogP contribution in [0.5, 0.6) is 11.5 Å². The van der Waals surface area contributed by atoms with E-state index in [0.29, 0.717) is 37.6 Å². The lowest BCUT2D eigenvalue weighted by Crippen LogP contribution is -2.48. The number of hydrogen-bond acceptors (Lipinski definition) is 7. The molecule has 0 unspecified atom stereocenters. The average molecular weight is 497 g/mol. The number of carbonyl (C=O) groups is 1. The van der Waals surface area contributed by atoms with E-state index in [9.17, 15) is 4.79 Å². The molecule has 6 rings (SSSR count). The fourth-order valence-electron chi connectivity index (χ4n) is 4.74. The van der Waals surface area contributed by atoms with E-state index >= 15 is 0 Å². The van der Waals surface area contributed by atoms with E-state index in [0.717, 1.165) is 47.8 Å². The molecule has 0 N–H and O–H groups in total. The Morgan fingerprint density at radius 1 is 0.811 bits per heavy atom.